The van der Waals surface area contributed by atoms with Crippen molar-refractivity contribution in [3.05, 3.63) is 52.3 Å². The van der Waals surface area contributed by atoms with E-state index in [4.69, 9.17) is 11.6 Å². The highest BCUT2D eigenvalue weighted by Gasteiger charge is 2.36. The van der Waals surface area contributed by atoms with Gasteiger partial charge in [-0.05, 0) is 48.9 Å². The van der Waals surface area contributed by atoms with E-state index < -0.39 is 5.60 Å². The number of likely N-dealkylation sites (tertiary alicyclic amines) is 1. The van der Waals surface area contributed by atoms with Crippen molar-refractivity contribution in [1.29, 1.82) is 0 Å². The summed E-state index contributed by atoms with van der Waals surface area (Å²) in [6.45, 7) is 5.31. The number of carbonyl (C=O) groups excluding carboxylic acids is 1. The van der Waals surface area contributed by atoms with E-state index in [2.05, 4.69) is 18.9 Å². The maximum absolute atomic E-state index is 12.9. The first kappa shape index (κ1) is 18.9. The van der Waals surface area contributed by atoms with E-state index in [9.17, 15) is 9.90 Å². The lowest BCUT2D eigenvalue weighted by molar-refractivity contribution is -0.0213. The van der Waals surface area contributed by atoms with Crippen molar-refractivity contribution in [3.8, 4) is 0 Å². The second-order valence-corrected chi connectivity index (χ2v) is 8.01. The van der Waals surface area contributed by atoms with E-state index >= 15 is 0 Å². The van der Waals surface area contributed by atoms with Crippen molar-refractivity contribution >= 4 is 17.5 Å². The van der Waals surface area contributed by atoms with Gasteiger partial charge in [-0.25, -0.2) is 0 Å². The first-order valence-corrected chi connectivity index (χ1v) is 9.47. The van der Waals surface area contributed by atoms with Crippen LogP contribution < -0.4 is 0 Å². The Morgan fingerprint density at radius 3 is 2.46 bits per heavy atom. The van der Waals surface area contributed by atoms with Gasteiger partial charge in [0.25, 0.3) is 5.91 Å². The zero-order valence-electron chi connectivity index (χ0n) is 15.6. The van der Waals surface area contributed by atoms with Crippen LogP contribution in [0.5, 0.6) is 0 Å². The molecule has 1 aromatic heterocycles. The van der Waals surface area contributed by atoms with Crippen LogP contribution in [0.1, 0.15) is 48.4 Å². The average Bonchev–Trinajstić information content (AvgIpc) is 2.95. The molecule has 0 unspecified atom stereocenters. The van der Waals surface area contributed by atoms with Crippen molar-refractivity contribution in [2.45, 2.75) is 38.7 Å². The molecule has 0 saturated carbocycles. The molecule has 2 aromatic rings. The van der Waals surface area contributed by atoms with Crippen LogP contribution in [0.15, 0.2) is 30.3 Å². The lowest BCUT2D eigenvalue weighted by Crippen LogP contribution is -2.45. The monoisotopic (exact) mass is 375 g/mol. The normalized spacial score (nSPS) is 16.9. The summed E-state index contributed by atoms with van der Waals surface area (Å²) in [7, 11) is 1.81. The first-order chi connectivity index (χ1) is 12.3. The van der Waals surface area contributed by atoms with Crippen LogP contribution in [0, 0.1) is 5.92 Å². The van der Waals surface area contributed by atoms with Gasteiger partial charge >= 0.3 is 0 Å². The second-order valence-electron chi connectivity index (χ2n) is 7.57. The molecule has 0 atom stereocenters. The minimum Gasteiger partial charge on any atom is -0.385 e. The molecule has 1 aliphatic rings. The molecule has 6 heteroatoms. The number of nitrogens with zero attached hydrogens (tertiary/aromatic N) is 3. The molecule has 140 valence electrons. The van der Waals surface area contributed by atoms with Gasteiger partial charge in [-0.15, -0.1) is 0 Å². The summed E-state index contributed by atoms with van der Waals surface area (Å²) in [6.07, 6.45) is 1.88. The standard InChI is InChI=1S/C20H26ClN3O2/c1-14(2)12-17-13-18(23(3)22-17)19(25)24-10-8-20(26,9-11-24)15-4-6-16(21)7-5-15/h4-7,13-14,26H,8-12H2,1-3H3. The van der Waals surface area contributed by atoms with Gasteiger partial charge in [0.15, 0.2) is 0 Å². The molecule has 1 fully saturated rings. The van der Waals surface area contributed by atoms with E-state index in [1.165, 1.54) is 0 Å². The molecular weight excluding hydrogens is 350 g/mol. The molecule has 5 nitrogen and oxygen atoms in total. The predicted octanol–water partition coefficient (Wildman–Crippen LogP) is 3.40. The lowest BCUT2D eigenvalue weighted by atomic mass is 9.84. The lowest BCUT2D eigenvalue weighted by Gasteiger charge is -2.38. The third-order valence-electron chi connectivity index (χ3n) is 5.03. The molecule has 1 aromatic carbocycles. The summed E-state index contributed by atoms with van der Waals surface area (Å²) < 4.78 is 1.67. The number of hydrogen-bond donors (Lipinski definition) is 1. The average molecular weight is 376 g/mol. The smallest absolute Gasteiger partial charge is 0.272 e. The summed E-state index contributed by atoms with van der Waals surface area (Å²) in [5, 5.41) is 16.1. The second kappa shape index (κ2) is 7.41. The third kappa shape index (κ3) is 3.94. The molecule has 1 aliphatic heterocycles. The fraction of sp³-hybridized carbons (Fsp3) is 0.500. The number of aromatic nitrogens is 2. The molecule has 0 bridgehead atoms. The third-order valence-corrected chi connectivity index (χ3v) is 5.28. The molecule has 1 saturated heterocycles. The first-order valence-electron chi connectivity index (χ1n) is 9.09. The molecule has 0 radical (unpaired) electrons. The molecule has 2 heterocycles. The highest BCUT2D eigenvalue weighted by Crippen LogP contribution is 2.33. The van der Waals surface area contributed by atoms with Crippen molar-refractivity contribution in [1.82, 2.24) is 14.7 Å². The minimum absolute atomic E-state index is 0.0202. The Labute approximate surface area is 159 Å². The van der Waals surface area contributed by atoms with Gasteiger partial charge in [0.1, 0.15) is 5.69 Å². The predicted molar refractivity (Wildman–Crippen MR) is 102 cm³/mol. The molecule has 26 heavy (non-hydrogen) atoms. The van der Waals surface area contributed by atoms with Gasteiger partial charge in [-0.2, -0.15) is 5.10 Å². The minimum atomic E-state index is -0.906. The number of rotatable bonds is 4. The van der Waals surface area contributed by atoms with Crippen LogP contribution in [-0.2, 0) is 19.1 Å². The van der Waals surface area contributed by atoms with Crippen LogP contribution >= 0.6 is 11.6 Å². The quantitative estimate of drug-likeness (QED) is 0.891. The van der Waals surface area contributed by atoms with Crippen LogP contribution in [0.2, 0.25) is 5.02 Å². The summed E-state index contributed by atoms with van der Waals surface area (Å²) in [6, 6.07) is 9.19. The SMILES string of the molecule is CC(C)Cc1cc(C(=O)N2CCC(O)(c3ccc(Cl)cc3)CC2)n(C)n1. The summed E-state index contributed by atoms with van der Waals surface area (Å²) in [5.74, 6) is 0.477. The van der Waals surface area contributed by atoms with Gasteiger partial charge in [-0.1, -0.05) is 37.6 Å². The number of piperidine rings is 1. The molecule has 3 rings (SSSR count). The maximum Gasteiger partial charge on any atom is 0.272 e. The van der Waals surface area contributed by atoms with E-state index in [1.807, 2.05) is 25.2 Å². The number of amides is 1. The summed E-state index contributed by atoms with van der Waals surface area (Å²) in [5.41, 5.74) is 1.50. The molecular formula is C20H26ClN3O2. The van der Waals surface area contributed by atoms with Crippen molar-refractivity contribution in [2.75, 3.05) is 13.1 Å². The number of benzene rings is 1. The van der Waals surface area contributed by atoms with Gasteiger partial charge < -0.3 is 10.0 Å². The number of carbonyl (C=O) groups is 1. The molecule has 0 aliphatic carbocycles. The van der Waals surface area contributed by atoms with Gasteiger partial charge in [0, 0.05) is 25.2 Å². The van der Waals surface area contributed by atoms with Crippen LogP contribution in [0.3, 0.4) is 0 Å². The summed E-state index contributed by atoms with van der Waals surface area (Å²) in [4.78, 5) is 14.7. The van der Waals surface area contributed by atoms with Crippen LogP contribution in [0.25, 0.3) is 0 Å². The summed E-state index contributed by atoms with van der Waals surface area (Å²) >= 11 is 5.93. The molecule has 0 spiro atoms. The van der Waals surface area contributed by atoms with E-state index in [0.29, 0.717) is 42.6 Å². The van der Waals surface area contributed by atoms with Gasteiger partial charge in [0.2, 0.25) is 0 Å². The van der Waals surface area contributed by atoms with Crippen molar-refractivity contribution < 1.29 is 9.90 Å². The van der Waals surface area contributed by atoms with E-state index in [-0.39, 0.29) is 5.91 Å². The topological polar surface area (TPSA) is 58.4 Å². The van der Waals surface area contributed by atoms with Crippen LogP contribution in [-0.4, -0.2) is 38.8 Å². The van der Waals surface area contributed by atoms with E-state index in [0.717, 1.165) is 17.7 Å². The van der Waals surface area contributed by atoms with Crippen molar-refractivity contribution in [3.63, 3.8) is 0 Å². The van der Waals surface area contributed by atoms with Crippen molar-refractivity contribution in [2.24, 2.45) is 13.0 Å². The Bertz CT molecular complexity index is 775. The largest absolute Gasteiger partial charge is 0.385 e. The Hall–Kier alpha value is -1.85. The molecule has 1 N–H and O–H groups in total. The zero-order valence-corrected chi connectivity index (χ0v) is 16.3. The number of aryl methyl sites for hydroxylation is 1. The fourth-order valence-corrected chi connectivity index (χ4v) is 3.66. The van der Waals surface area contributed by atoms with Gasteiger partial charge in [-0.3, -0.25) is 9.48 Å². The van der Waals surface area contributed by atoms with E-state index in [1.54, 1.807) is 21.7 Å². The number of aliphatic hydroxyl groups is 1. The van der Waals surface area contributed by atoms with Crippen LogP contribution in [0.4, 0.5) is 0 Å². The molecule has 1 amide bonds. The zero-order chi connectivity index (χ0) is 18.9. The maximum atomic E-state index is 12.9. The Balaban J connectivity index is 1.68. The van der Waals surface area contributed by atoms with Gasteiger partial charge in [0.05, 0.1) is 11.3 Å². The highest BCUT2D eigenvalue weighted by molar-refractivity contribution is 6.30. The highest BCUT2D eigenvalue weighted by atomic mass is 35.5. The number of halogens is 1. The Kier molecular flexibility index (Phi) is 5.39. The Morgan fingerprint density at radius 1 is 1.27 bits per heavy atom. The Morgan fingerprint density at radius 2 is 1.88 bits per heavy atom. The fourth-order valence-electron chi connectivity index (χ4n) is 3.54. The number of hydrogen-bond acceptors (Lipinski definition) is 3.